The molecule has 0 radical (unpaired) electrons. The van der Waals surface area contributed by atoms with E-state index in [1.54, 1.807) is 14.1 Å². The number of hydrogen-bond donors (Lipinski definition) is 3. The first kappa shape index (κ1) is 15.8. The van der Waals surface area contributed by atoms with Crippen LogP contribution in [-0.4, -0.2) is 36.9 Å². The van der Waals surface area contributed by atoms with Gasteiger partial charge in [-0.2, -0.15) is 0 Å². The minimum atomic E-state index is -0.382. The summed E-state index contributed by atoms with van der Waals surface area (Å²) in [6.45, 7) is 0.419. The Balaban J connectivity index is 2.99. The first-order valence-electron chi connectivity index (χ1n) is 5.99. The Hall–Kier alpha value is -1.24. The van der Waals surface area contributed by atoms with Gasteiger partial charge < -0.3 is 21.1 Å². The smallest absolute Gasteiger partial charge is 0.257 e. The van der Waals surface area contributed by atoms with Crippen molar-refractivity contribution in [2.45, 2.75) is 12.0 Å². The Labute approximate surface area is 124 Å². The van der Waals surface area contributed by atoms with Crippen molar-refractivity contribution in [2.75, 3.05) is 20.6 Å². The van der Waals surface area contributed by atoms with E-state index in [0.29, 0.717) is 16.7 Å². The molecular weight excluding hydrogens is 278 g/mol. The van der Waals surface area contributed by atoms with Gasteiger partial charge in [0.2, 0.25) is 0 Å². The molecule has 1 aromatic carbocycles. The van der Waals surface area contributed by atoms with Crippen LogP contribution in [0.5, 0.6) is 0 Å². The zero-order valence-electron chi connectivity index (χ0n) is 11.1. The molecule has 0 spiro atoms. The summed E-state index contributed by atoms with van der Waals surface area (Å²) in [5.74, 6) is -0.0487. The van der Waals surface area contributed by atoms with E-state index >= 15 is 0 Å². The molecule has 0 heterocycles. The van der Waals surface area contributed by atoms with Gasteiger partial charge in [-0.3, -0.25) is 0 Å². The van der Waals surface area contributed by atoms with E-state index in [0.717, 1.165) is 5.56 Å². The molecule has 0 saturated heterocycles. The van der Waals surface area contributed by atoms with Crippen LogP contribution in [0.4, 0.5) is 0 Å². The molecule has 0 aliphatic carbocycles. The highest BCUT2D eigenvalue weighted by Gasteiger charge is 2.28. The third-order valence-corrected chi connectivity index (χ3v) is 3.53. The highest BCUT2D eigenvalue weighted by molar-refractivity contribution is 7.80. The van der Waals surface area contributed by atoms with Crippen LogP contribution in [0.15, 0.2) is 30.3 Å². The summed E-state index contributed by atoms with van der Waals surface area (Å²) in [5.41, 5.74) is 6.96. The molecule has 104 valence electrons. The second-order valence-corrected chi connectivity index (χ2v) is 4.75. The van der Waals surface area contributed by atoms with Gasteiger partial charge in [0.25, 0.3) is 5.17 Å². The van der Waals surface area contributed by atoms with Crippen molar-refractivity contribution in [3.05, 3.63) is 35.9 Å². The Kier molecular flexibility index (Phi) is 6.69. The number of likely N-dealkylation sites (N-methyl/N-ethyl adjacent to an activating group) is 1. The standard InChI is InChI=1S/C13H19N3OS2/c1-15-12(18)11(17-13(19)16-2)10(8-14)9-6-4-3-5-7-9/h3-7,10-11H,8,14H2,1-2H3,(H,15,18)(H,16,19). The van der Waals surface area contributed by atoms with Crippen molar-refractivity contribution in [1.29, 1.82) is 0 Å². The van der Waals surface area contributed by atoms with Gasteiger partial charge >= 0.3 is 0 Å². The summed E-state index contributed by atoms with van der Waals surface area (Å²) in [5, 5.41) is 6.03. The maximum Gasteiger partial charge on any atom is 0.257 e. The quantitative estimate of drug-likeness (QED) is 0.709. The van der Waals surface area contributed by atoms with E-state index < -0.39 is 0 Å². The van der Waals surface area contributed by atoms with Crippen LogP contribution in [0.1, 0.15) is 11.5 Å². The number of rotatable bonds is 5. The molecule has 2 atom stereocenters. The third-order valence-electron chi connectivity index (χ3n) is 2.79. The van der Waals surface area contributed by atoms with Gasteiger partial charge in [-0.25, -0.2) is 0 Å². The minimum absolute atomic E-state index is 0.0487. The minimum Gasteiger partial charge on any atom is -0.460 e. The molecule has 1 aromatic rings. The molecular formula is C13H19N3OS2. The van der Waals surface area contributed by atoms with Crippen LogP contribution in [0.25, 0.3) is 0 Å². The van der Waals surface area contributed by atoms with Crippen LogP contribution in [0.2, 0.25) is 0 Å². The summed E-state index contributed by atoms with van der Waals surface area (Å²) < 4.78 is 5.70. The van der Waals surface area contributed by atoms with Crippen LogP contribution in [-0.2, 0) is 4.74 Å². The fourth-order valence-electron chi connectivity index (χ4n) is 1.77. The second-order valence-electron chi connectivity index (χ2n) is 3.94. The topological polar surface area (TPSA) is 59.3 Å². The fraction of sp³-hybridized carbons (Fsp3) is 0.385. The first-order valence-corrected chi connectivity index (χ1v) is 6.80. The summed E-state index contributed by atoms with van der Waals surface area (Å²) in [6.07, 6.45) is -0.382. The van der Waals surface area contributed by atoms with E-state index in [4.69, 9.17) is 34.9 Å². The molecule has 0 aromatic heterocycles. The van der Waals surface area contributed by atoms with Crippen LogP contribution in [0.3, 0.4) is 0 Å². The van der Waals surface area contributed by atoms with Crippen LogP contribution in [0, 0.1) is 0 Å². The van der Waals surface area contributed by atoms with Crippen molar-refractivity contribution in [2.24, 2.45) is 5.73 Å². The SMILES string of the molecule is CNC(=S)OC(C(=S)NC)C(CN)c1ccccc1. The van der Waals surface area contributed by atoms with E-state index in [-0.39, 0.29) is 12.0 Å². The van der Waals surface area contributed by atoms with Gasteiger partial charge in [0, 0.05) is 26.6 Å². The average Bonchev–Trinajstić information content (AvgIpc) is 2.47. The Morgan fingerprint density at radius 3 is 2.32 bits per heavy atom. The van der Waals surface area contributed by atoms with Crippen molar-refractivity contribution < 1.29 is 4.74 Å². The molecule has 0 saturated carbocycles. The van der Waals surface area contributed by atoms with Crippen molar-refractivity contribution in [3.8, 4) is 0 Å². The van der Waals surface area contributed by atoms with Gasteiger partial charge in [-0.05, 0) is 17.8 Å². The van der Waals surface area contributed by atoms with Gasteiger partial charge in [0.05, 0.1) is 0 Å². The largest absolute Gasteiger partial charge is 0.460 e. The maximum absolute atomic E-state index is 5.88. The normalized spacial score (nSPS) is 13.2. The van der Waals surface area contributed by atoms with Gasteiger partial charge in [-0.15, -0.1) is 0 Å². The highest BCUT2D eigenvalue weighted by Crippen LogP contribution is 2.22. The van der Waals surface area contributed by atoms with Crippen LogP contribution < -0.4 is 16.4 Å². The number of nitrogens with one attached hydrogen (secondary N) is 2. The van der Waals surface area contributed by atoms with Crippen molar-refractivity contribution in [3.63, 3.8) is 0 Å². The summed E-state index contributed by atoms with van der Waals surface area (Å²) in [6, 6.07) is 9.91. The lowest BCUT2D eigenvalue weighted by molar-refractivity contribution is 0.219. The zero-order valence-corrected chi connectivity index (χ0v) is 12.7. The lowest BCUT2D eigenvalue weighted by Crippen LogP contribution is -2.42. The molecule has 0 fully saturated rings. The average molecular weight is 297 g/mol. The molecule has 4 N–H and O–H groups in total. The lowest BCUT2D eigenvalue weighted by atomic mass is 9.93. The van der Waals surface area contributed by atoms with Crippen LogP contribution >= 0.6 is 24.4 Å². The highest BCUT2D eigenvalue weighted by atomic mass is 32.1. The van der Waals surface area contributed by atoms with E-state index in [1.165, 1.54) is 0 Å². The molecule has 0 bridgehead atoms. The molecule has 2 unspecified atom stereocenters. The fourth-order valence-corrected chi connectivity index (χ4v) is 2.09. The van der Waals surface area contributed by atoms with E-state index in [2.05, 4.69) is 10.6 Å². The number of ether oxygens (including phenoxy) is 1. The van der Waals surface area contributed by atoms with Gasteiger partial charge in [0.1, 0.15) is 4.99 Å². The number of nitrogens with two attached hydrogens (primary N) is 1. The summed E-state index contributed by atoms with van der Waals surface area (Å²) in [7, 11) is 3.47. The van der Waals surface area contributed by atoms with Gasteiger partial charge in [-0.1, -0.05) is 42.5 Å². The predicted molar refractivity (Wildman–Crippen MR) is 86.4 cm³/mol. The molecule has 4 nitrogen and oxygen atoms in total. The Bertz CT molecular complexity index is 425. The van der Waals surface area contributed by atoms with Gasteiger partial charge in [0.15, 0.2) is 6.10 Å². The van der Waals surface area contributed by atoms with Crippen molar-refractivity contribution >= 4 is 34.6 Å². The Morgan fingerprint density at radius 2 is 1.84 bits per heavy atom. The molecule has 6 heteroatoms. The monoisotopic (exact) mass is 297 g/mol. The van der Waals surface area contributed by atoms with E-state index in [9.17, 15) is 0 Å². The summed E-state index contributed by atoms with van der Waals surface area (Å²) >= 11 is 10.4. The number of thiocarbonyl (C=S) groups is 2. The molecule has 0 aliphatic rings. The maximum atomic E-state index is 5.88. The molecule has 19 heavy (non-hydrogen) atoms. The molecule has 0 amide bonds. The Morgan fingerprint density at radius 1 is 1.21 bits per heavy atom. The third kappa shape index (κ3) is 4.41. The van der Waals surface area contributed by atoms with E-state index in [1.807, 2.05) is 30.3 Å². The number of benzene rings is 1. The molecule has 0 aliphatic heterocycles. The lowest BCUT2D eigenvalue weighted by Gasteiger charge is -2.27. The predicted octanol–water partition coefficient (Wildman–Crippen LogP) is 1.17. The molecule has 1 rings (SSSR count). The summed E-state index contributed by atoms with van der Waals surface area (Å²) in [4.78, 5) is 0.580. The second kappa shape index (κ2) is 8.04. The zero-order chi connectivity index (χ0) is 14.3. The number of hydrogen-bond acceptors (Lipinski definition) is 4. The first-order chi connectivity index (χ1) is 9.13. The van der Waals surface area contributed by atoms with Crippen molar-refractivity contribution in [1.82, 2.24) is 10.6 Å².